The van der Waals surface area contributed by atoms with Crippen molar-refractivity contribution in [3.63, 3.8) is 0 Å². The van der Waals surface area contributed by atoms with Crippen LogP contribution in [-0.2, 0) is 6.42 Å². The lowest BCUT2D eigenvalue weighted by Gasteiger charge is -2.05. The van der Waals surface area contributed by atoms with Gasteiger partial charge in [-0.25, -0.2) is 4.98 Å². The van der Waals surface area contributed by atoms with Crippen molar-refractivity contribution in [2.45, 2.75) is 26.7 Å². The zero-order valence-electron chi connectivity index (χ0n) is 14.2. The molecule has 2 aromatic carbocycles. The van der Waals surface area contributed by atoms with Crippen LogP contribution in [0.15, 0.2) is 48.5 Å². The number of carbonyl (C=O) groups is 1. The lowest BCUT2D eigenvalue weighted by Crippen LogP contribution is -2.21. The van der Waals surface area contributed by atoms with Gasteiger partial charge in [0.25, 0.3) is 0 Å². The van der Waals surface area contributed by atoms with E-state index in [-0.39, 0.29) is 5.56 Å². The van der Waals surface area contributed by atoms with E-state index in [1.165, 1.54) is 22.6 Å². The van der Waals surface area contributed by atoms with E-state index in [9.17, 15) is 9.90 Å². The van der Waals surface area contributed by atoms with Crippen molar-refractivity contribution < 1.29 is 9.90 Å². The number of aromatic nitrogens is 1. The van der Waals surface area contributed by atoms with Gasteiger partial charge in [-0.3, -0.25) is 0 Å². The van der Waals surface area contributed by atoms with E-state index in [0.29, 0.717) is 0 Å². The summed E-state index contributed by atoms with van der Waals surface area (Å²) in [6, 6.07) is 14.9. The predicted octanol–water partition coefficient (Wildman–Crippen LogP) is 4.18. The number of carboxylic acids is 1. The molecular weight excluding hydrogens is 332 g/mol. The Morgan fingerprint density at radius 1 is 1.12 bits per heavy atom. The minimum atomic E-state index is -1.17. The molecule has 0 saturated heterocycles. The summed E-state index contributed by atoms with van der Waals surface area (Å²) in [5.41, 5.74) is 4.32. The Morgan fingerprint density at radius 2 is 1.80 bits per heavy atom. The highest BCUT2D eigenvalue weighted by Gasteiger charge is 2.13. The molecule has 0 aliphatic heterocycles. The number of aromatic carboxylic acids is 1. The molecule has 0 atom stereocenters. The number of thiazole rings is 1. The van der Waals surface area contributed by atoms with Gasteiger partial charge < -0.3 is 15.2 Å². The van der Waals surface area contributed by atoms with Crippen molar-refractivity contribution in [3.8, 4) is 11.3 Å². The van der Waals surface area contributed by atoms with Crippen LogP contribution in [0.25, 0.3) is 11.3 Å². The van der Waals surface area contributed by atoms with Crippen molar-refractivity contribution in [2.24, 2.45) is 0 Å². The maximum absolute atomic E-state index is 10.8. The lowest BCUT2D eigenvalue weighted by molar-refractivity contribution is -0.255. The Labute approximate surface area is 151 Å². The highest BCUT2D eigenvalue weighted by Crippen LogP contribution is 2.33. The number of nitrogens with one attached hydrogen (secondary N) is 1. The van der Waals surface area contributed by atoms with E-state index >= 15 is 0 Å². The molecule has 25 heavy (non-hydrogen) atoms. The van der Waals surface area contributed by atoms with Gasteiger partial charge in [-0.15, -0.1) is 11.3 Å². The van der Waals surface area contributed by atoms with Crippen LogP contribution in [-0.4, -0.2) is 11.0 Å². The van der Waals surface area contributed by atoms with Crippen LogP contribution < -0.4 is 10.4 Å². The first kappa shape index (κ1) is 17.2. The second-order valence-corrected chi connectivity index (χ2v) is 6.98. The maximum atomic E-state index is 10.8. The van der Waals surface area contributed by atoms with Crippen LogP contribution in [0, 0.1) is 6.92 Å². The summed E-state index contributed by atoms with van der Waals surface area (Å²) in [5, 5.41) is 14.9. The standard InChI is InChI=1S/C20H20N2O2S/c1-3-4-17-18(14-7-5-13(2)6-8-14)22-20(25-17)21-16-11-9-15(10-12-16)19(23)24/h5-12H,3-4H2,1-2H3,(H,21,22)(H,23,24)/p-1. The van der Waals surface area contributed by atoms with Gasteiger partial charge in [0.05, 0.1) is 11.7 Å². The summed E-state index contributed by atoms with van der Waals surface area (Å²) in [5.74, 6) is -1.17. The number of carbonyl (C=O) groups excluding carboxylic acids is 1. The molecule has 0 aliphatic carbocycles. The molecular formula is C20H19N2O2S-. The predicted molar refractivity (Wildman–Crippen MR) is 100 cm³/mol. The third kappa shape index (κ3) is 4.06. The summed E-state index contributed by atoms with van der Waals surface area (Å²) in [4.78, 5) is 16.8. The summed E-state index contributed by atoms with van der Waals surface area (Å²) in [6.45, 7) is 4.23. The summed E-state index contributed by atoms with van der Waals surface area (Å²) in [7, 11) is 0. The molecule has 0 bridgehead atoms. The van der Waals surface area contributed by atoms with Crippen molar-refractivity contribution >= 4 is 28.1 Å². The minimum Gasteiger partial charge on any atom is -0.545 e. The van der Waals surface area contributed by atoms with Crippen LogP contribution in [0.3, 0.4) is 0 Å². The number of hydrogen-bond donors (Lipinski definition) is 1. The molecule has 5 heteroatoms. The first-order chi connectivity index (χ1) is 12.1. The van der Waals surface area contributed by atoms with Gasteiger partial charge in [0.1, 0.15) is 0 Å². The fraction of sp³-hybridized carbons (Fsp3) is 0.200. The van der Waals surface area contributed by atoms with E-state index in [0.717, 1.165) is 34.9 Å². The van der Waals surface area contributed by atoms with E-state index < -0.39 is 5.97 Å². The molecule has 3 aromatic rings. The van der Waals surface area contributed by atoms with Gasteiger partial charge >= 0.3 is 0 Å². The van der Waals surface area contributed by atoms with Crippen molar-refractivity contribution in [1.82, 2.24) is 4.98 Å². The van der Waals surface area contributed by atoms with Gasteiger partial charge in [-0.05, 0) is 31.0 Å². The second kappa shape index (κ2) is 7.49. The van der Waals surface area contributed by atoms with Gasteiger partial charge in [-0.2, -0.15) is 0 Å². The van der Waals surface area contributed by atoms with Crippen molar-refractivity contribution in [2.75, 3.05) is 5.32 Å². The van der Waals surface area contributed by atoms with E-state index in [1.807, 2.05) is 0 Å². The Kier molecular flexibility index (Phi) is 5.14. The molecule has 1 aromatic heterocycles. The Bertz CT molecular complexity index is 868. The molecule has 0 fully saturated rings. The zero-order chi connectivity index (χ0) is 17.8. The third-order valence-electron chi connectivity index (χ3n) is 3.87. The molecule has 0 aliphatic rings. The van der Waals surface area contributed by atoms with Crippen LogP contribution in [0.1, 0.15) is 34.1 Å². The smallest absolute Gasteiger partial charge is 0.187 e. The number of carboxylic acid groups (broad SMARTS) is 1. The molecule has 0 unspecified atom stereocenters. The van der Waals surface area contributed by atoms with E-state index in [2.05, 4.69) is 43.4 Å². The number of rotatable bonds is 6. The summed E-state index contributed by atoms with van der Waals surface area (Å²) >= 11 is 1.64. The molecule has 128 valence electrons. The molecule has 3 rings (SSSR count). The topological polar surface area (TPSA) is 65.0 Å². The zero-order valence-corrected chi connectivity index (χ0v) is 15.0. The minimum absolute atomic E-state index is 0.164. The second-order valence-electron chi connectivity index (χ2n) is 5.90. The van der Waals surface area contributed by atoms with Crippen molar-refractivity contribution in [3.05, 3.63) is 64.5 Å². The van der Waals surface area contributed by atoms with Crippen LogP contribution in [0.2, 0.25) is 0 Å². The van der Waals surface area contributed by atoms with Crippen LogP contribution in [0.5, 0.6) is 0 Å². The summed E-state index contributed by atoms with van der Waals surface area (Å²) in [6.07, 6.45) is 2.03. The Hall–Kier alpha value is -2.66. The molecule has 1 heterocycles. The van der Waals surface area contributed by atoms with Gasteiger partial charge in [-0.1, -0.05) is 55.3 Å². The number of aryl methyl sites for hydroxylation is 2. The van der Waals surface area contributed by atoms with Crippen LogP contribution in [0.4, 0.5) is 10.8 Å². The highest BCUT2D eigenvalue weighted by molar-refractivity contribution is 7.16. The third-order valence-corrected chi connectivity index (χ3v) is 4.90. The summed E-state index contributed by atoms with van der Waals surface area (Å²) < 4.78 is 0. The highest BCUT2D eigenvalue weighted by atomic mass is 32.1. The first-order valence-electron chi connectivity index (χ1n) is 8.22. The number of nitrogens with zero attached hydrogens (tertiary/aromatic N) is 1. The van der Waals surface area contributed by atoms with Gasteiger partial charge in [0, 0.05) is 16.1 Å². The first-order valence-corrected chi connectivity index (χ1v) is 9.03. The van der Waals surface area contributed by atoms with Crippen molar-refractivity contribution in [1.29, 1.82) is 0 Å². The Balaban J connectivity index is 1.88. The monoisotopic (exact) mass is 351 g/mol. The quantitative estimate of drug-likeness (QED) is 0.723. The molecule has 0 spiro atoms. The average molecular weight is 351 g/mol. The van der Waals surface area contributed by atoms with E-state index in [1.54, 1.807) is 23.5 Å². The van der Waals surface area contributed by atoms with E-state index in [4.69, 9.17) is 4.98 Å². The van der Waals surface area contributed by atoms with Crippen LogP contribution >= 0.6 is 11.3 Å². The molecule has 0 saturated carbocycles. The normalized spacial score (nSPS) is 10.6. The molecule has 4 nitrogen and oxygen atoms in total. The molecule has 1 N–H and O–H groups in total. The molecule has 0 radical (unpaired) electrons. The maximum Gasteiger partial charge on any atom is 0.187 e. The fourth-order valence-corrected chi connectivity index (χ4v) is 3.66. The van der Waals surface area contributed by atoms with Gasteiger partial charge in [0.2, 0.25) is 0 Å². The lowest BCUT2D eigenvalue weighted by atomic mass is 10.1. The number of anilines is 2. The molecule has 0 amide bonds. The average Bonchev–Trinajstić information content (AvgIpc) is 2.99. The largest absolute Gasteiger partial charge is 0.545 e. The number of benzene rings is 2. The Morgan fingerprint density at radius 3 is 2.40 bits per heavy atom. The van der Waals surface area contributed by atoms with Gasteiger partial charge in [0.15, 0.2) is 5.13 Å². The fourth-order valence-electron chi connectivity index (χ4n) is 2.55. The SMILES string of the molecule is CCCc1sc(Nc2ccc(C(=O)[O-])cc2)nc1-c1ccc(C)cc1. The number of hydrogen-bond acceptors (Lipinski definition) is 5.